The van der Waals surface area contributed by atoms with E-state index in [-0.39, 0.29) is 0 Å². The summed E-state index contributed by atoms with van der Waals surface area (Å²) in [6, 6.07) is 3.95. The molecule has 0 heterocycles. The first-order valence-corrected chi connectivity index (χ1v) is 7.66. The van der Waals surface area contributed by atoms with E-state index in [2.05, 4.69) is 45.4 Å². The fourth-order valence-electron chi connectivity index (χ4n) is 1.78. The maximum Gasteiger partial charge on any atom is 0.191 e. The van der Waals surface area contributed by atoms with Gasteiger partial charge in [-0.3, -0.25) is 4.99 Å². The van der Waals surface area contributed by atoms with Crippen molar-refractivity contribution in [1.29, 1.82) is 0 Å². The van der Waals surface area contributed by atoms with Crippen LogP contribution in [-0.2, 0) is 6.54 Å². The Bertz CT molecular complexity index is 490. The summed E-state index contributed by atoms with van der Waals surface area (Å²) in [6.45, 7) is 5.85. The van der Waals surface area contributed by atoms with Crippen molar-refractivity contribution in [3.63, 3.8) is 0 Å². The molecule has 0 radical (unpaired) electrons. The van der Waals surface area contributed by atoms with Gasteiger partial charge in [-0.05, 0) is 39.5 Å². The van der Waals surface area contributed by atoms with Crippen LogP contribution in [0, 0.1) is 5.92 Å². The zero-order valence-corrected chi connectivity index (χ0v) is 14.9. The van der Waals surface area contributed by atoms with Crippen LogP contribution in [0.4, 0.5) is 0 Å². The molecule has 0 bridgehead atoms. The summed E-state index contributed by atoms with van der Waals surface area (Å²) in [4.78, 5) is 4.20. The third kappa shape index (κ3) is 5.46. The molecular formula is C15H24BrN3O2. The van der Waals surface area contributed by atoms with Crippen molar-refractivity contribution in [3.8, 4) is 11.5 Å². The monoisotopic (exact) mass is 357 g/mol. The Balaban J connectivity index is 2.73. The van der Waals surface area contributed by atoms with Gasteiger partial charge in [-0.1, -0.05) is 13.8 Å². The largest absolute Gasteiger partial charge is 0.493 e. The van der Waals surface area contributed by atoms with E-state index in [1.54, 1.807) is 21.3 Å². The zero-order chi connectivity index (χ0) is 15.8. The lowest BCUT2D eigenvalue weighted by Gasteiger charge is -2.15. The first-order chi connectivity index (χ1) is 10.0. The number of ether oxygens (including phenoxy) is 2. The fraction of sp³-hybridized carbons (Fsp3) is 0.533. The Labute approximate surface area is 135 Å². The molecule has 0 aliphatic rings. The highest BCUT2D eigenvalue weighted by Gasteiger charge is 2.10. The number of guanidine groups is 1. The third-order valence-corrected chi connectivity index (χ3v) is 3.44. The lowest BCUT2D eigenvalue weighted by molar-refractivity contribution is 0.352. The van der Waals surface area contributed by atoms with E-state index in [9.17, 15) is 0 Å². The summed E-state index contributed by atoms with van der Waals surface area (Å²) in [7, 11) is 5.02. The molecule has 0 amide bonds. The van der Waals surface area contributed by atoms with Gasteiger partial charge in [0.1, 0.15) is 0 Å². The molecule has 1 aromatic carbocycles. The number of methoxy groups -OCH3 is 2. The van der Waals surface area contributed by atoms with E-state index in [0.717, 1.165) is 22.5 Å². The molecule has 2 N–H and O–H groups in total. The van der Waals surface area contributed by atoms with Gasteiger partial charge in [0.15, 0.2) is 17.5 Å². The molecule has 0 saturated carbocycles. The average molecular weight is 358 g/mol. The second kappa shape index (κ2) is 8.77. The predicted octanol–water partition coefficient (Wildman–Crippen LogP) is 2.79. The van der Waals surface area contributed by atoms with Crippen molar-refractivity contribution in [2.45, 2.75) is 20.4 Å². The average Bonchev–Trinajstić information content (AvgIpc) is 2.46. The number of hydrogen-bond donors (Lipinski definition) is 2. The maximum atomic E-state index is 5.34. The van der Waals surface area contributed by atoms with Crippen LogP contribution in [0.3, 0.4) is 0 Å². The van der Waals surface area contributed by atoms with Crippen molar-refractivity contribution in [3.05, 3.63) is 22.2 Å². The van der Waals surface area contributed by atoms with Gasteiger partial charge in [0.2, 0.25) is 0 Å². The van der Waals surface area contributed by atoms with Gasteiger partial charge in [0.05, 0.1) is 18.7 Å². The summed E-state index contributed by atoms with van der Waals surface area (Å²) < 4.78 is 11.5. The van der Waals surface area contributed by atoms with Crippen molar-refractivity contribution in [1.82, 2.24) is 10.6 Å². The smallest absolute Gasteiger partial charge is 0.191 e. The Morgan fingerprint density at radius 3 is 2.48 bits per heavy atom. The summed E-state index contributed by atoms with van der Waals surface area (Å²) in [5.74, 6) is 2.76. The number of benzene rings is 1. The molecule has 21 heavy (non-hydrogen) atoms. The molecule has 0 aliphatic heterocycles. The van der Waals surface area contributed by atoms with Crippen molar-refractivity contribution in [2.75, 3.05) is 27.8 Å². The predicted molar refractivity (Wildman–Crippen MR) is 90.3 cm³/mol. The van der Waals surface area contributed by atoms with Crippen LogP contribution >= 0.6 is 15.9 Å². The van der Waals surface area contributed by atoms with E-state index in [4.69, 9.17) is 9.47 Å². The standard InChI is InChI=1S/C15H24BrN3O2/c1-10(2)8-18-15(17-3)19-9-11-6-12(16)14(21-5)13(7-11)20-4/h6-7,10H,8-9H2,1-5H3,(H2,17,18,19). The van der Waals surface area contributed by atoms with Crippen LogP contribution < -0.4 is 20.1 Å². The minimum atomic E-state index is 0.568. The number of aliphatic imine (C=N–C) groups is 1. The minimum Gasteiger partial charge on any atom is -0.493 e. The van der Waals surface area contributed by atoms with Gasteiger partial charge < -0.3 is 20.1 Å². The highest BCUT2D eigenvalue weighted by molar-refractivity contribution is 9.10. The minimum absolute atomic E-state index is 0.568. The lowest BCUT2D eigenvalue weighted by Crippen LogP contribution is -2.38. The molecule has 0 spiro atoms. The molecule has 0 atom stereocenters. The molecule has 1 rings (SSSR count). The Morgan fingerprint density at radius 2 is 1.95 bits per heavy atom. The number of rotatable bonds is 6. The molecule has 5 nitrogen and oxygen atoms in total. The van der Waals surface area contributed by atoms with Gasteiger partial charge in [-0.15, -0.1) is 0 Å². The van der Waals surface area contributed by atoms with Crippen molar-refractivity contribution >= 4 is 21.9 Å². The molecule has 118 valence electrons. The van der Waals surface area contributed by atoms with Crippen LogP contribution in [0.5, 0.6) is 11.5 Å². The Morgan fingerprint density at radius 1 is 1.24 bits per heavy atom. The molecule has 0 aromatic heterocycles. The number of halogens is 1. The Hall–Kier alpha value is -1.43. The van der Waals surface area contributed by atoms with Crippen LogP contribution in [-0.4, -0.2) is 33.8 Å². The quantitative estimate of drug-likeness (QED) is 0.607. The first-order valence-electron chi connectivity index (χ1n) is 6.86. The van der Waals surface area contributed by atoms with Gasteiger partial charge in [0, 0.05) is 20.1 Å². The second-order valence-corrected chi connectivity index (χ2v) is 5.87. The summed E-state index contributed by atoms with van der Waals surface area (Å²) in [5, 5.41) is 6.55. The van der Waals surface area contributed by atoms with Crippen LogP contribution in [0.25, 0.3) is 0 Å². The topological polar surface area (TPSA) is 54.9 Å². The molecule has 0 saturated heterocycles. The van der Waals surface area contributed by atoms with Gasteiger partial charge in [-0.2, -0.15) is 0 Å². The summed E-state index contributed by atoms with van der Waals surface area (Å²) in [5.41, 5.74) is 1.08. The van der Waals surface area contributed by atoms with Crippen LogP contribution in [0.1, 0.15) is 19.4 Å². The Kier molecular flexibility index (Phi) is 7.36. The highest BCUT2D eigenvalue weighted by atomic mass is 79.9. The van der Waals surface area contributed by atoms with Crippen molar-refractivity contribution in [2.24, 2.45) is 10.9 Å². The molecule has 1 aromatic rings. The van der Waals surface area contributed by atoms with Gasteiger partial charge >= 0.3 is 0 Å². The third-order valence-electron chi connectivity index (χ3n) is 2.85. The molecular weight excluding hydrogens is 334 g/mol. The van der Waals surface area contributed by atoms with E-state index in [0.29, 0.717) is 24.0 Å². The van der Waals surface area contributed by atoms with Gasteiger partial charge in [0.25, 0.3) is 0 Å². The highest BCUT2D eigenvalue weighted by Crippen LogP contribution is 2.36. The van der Waals surface area contributed by atoms with Crippen LogP contribution in [0.15, 0.2) is 21.6 Å². The van der Waals surface area contributed by atoms with E-state index < -0.39 is 0 Å². The van der Waals surface area contributed by atoms with E-state index in [1.165, 1.54) is 0 Å². The maximum absolute atomic E-state index is 5.34. The number of nitrogens with zero attached hydrogens (tertiary/aromatic N) is 1. The van der Waals surface area contributed by atoms with Gasteiger partial charge in [-0.25, -0.2) is 0 Å². The summed E-state index contributed by atoms with van der Waals surface area (Å²) >= 11 is 3.49. The molecule has 0 unspecified atom stereocenters. The molecule has 0 fully saturated rings. The lowest BCUT2D eigenvalue weighted by atomic mass is 10.2. The normalized spacial score (nSPS) is 11.5. The molecule has 6 heteroatoms. The second-order valence-electron chi connectivity index (χ2n) is 5.01. The molecule has 0 aliphatic carbocycles. The zero-order valence-electron chi connectivity index (χ0n) is 13.3. The SMILES string of the molecule is CN=C(NCc1cc(Br)c(OC)c(OC)c1)NCC(C)C. The number of nitrogens with one attached hydrogen (secondary N) is 2. The van der Waals surface area contributed by atoms with E-state index >= 15 is 0 Å². The number of hydrogen-bond acceptors (Lipinski definition) is 3. The van der Waals surface area contributed by atoms with Crippen molar-refractivity contribution < 1.29 is 9.47 Å². The summed E-state index contributed by atoms with van der Waals surface area (Å²) in [6.07, 6.45) is 0. The fourth-order valence-corrected chi connectivity index (χ4v) is 2.43. The van der Waals surface area contributed by atoms with Crippen LogP contribution in [0.2, 0.25) is 0 Å². The van der Waals surface area contributed by atoms with E-state index in [1.807, 2.05) is 12.1 Å². The first kappa shape index (κ1) is 17.6.